The van der Waals surface area contributed by atoms with Gasteiger partial charge in [0.1, 0.15) is 10.8 Å². The summed E-state index contributed by atoms with van der Waals surface area (Å²) in [6.45, 7) is 4.68. The van der Waals surface area contributed by atoms with Crippen LogP contribution in [0.15, 0.2) is 41.8 Å². The largest absolute Gasteiger partial charge is 0.363 e. The Labute approximate surface area is 127 Å². The van der Waals surface area contributed by atoms with Crippen LogP contribution in [0.25, 0.3) is 10.6 Å². The Kier molecular flexibility index (Phi) is 3.92. The Bertz CT molecular complexity index is 734. The summed E-state index contributed by atoms with van der Waals surface area (Å²) < 4.78 is 0. The molecule has 0 aliphatic carbocycles. The lowest BCUT2D eigenvalue weighted by molar-refractivity contribution is 0.955. The molecule has 1 aromatic carbocycles. The summed E-state index contributed by atoms with van der Waals surface area (Å²) >= 11 is 1.67. The van der Waals surface area contributed by atoms with Crippen molar-refractivity contribution in [2.75, 3.05) is 5.32 Å². The number of aryl methyl sites for hydroxylation is 2. The van der Waals surface area contributed by atoms with Crippen LogP contribution >= 0.6 is 11.3 Å². The van der Waals surface area contributed by atoms with Crippen molar-refractivity contribution in [3.63, 3.8) is 0 Å². The molecule has 0 unspecified atom stereocenters. The van der Waals surface area contributed by atoms with Crippen molar-refractivity contribution >= 4 is 17.2 Å². The normalized spacial score (nSPS) is 10.6. The first-order valence-corrected chi connectivity index (χ1v) is 7.65. The van der Waals surface area contributed by atoms with Crippen LogP contribution in [0.5, 0.6) is 0 Å². The Morgan fingerprint density at radius 1 is 1.05 bits per heavy atom. The predicted octanol–water partition coefficient (Wildman–Crippen LogP) is 3.83. The molecule has 0 spiro atoms. The van der Waals surface area contributed by atoms with Crippen molar-refractivity contribution in [1.82, 2.24) is 15.2 Å². The van der Waals surface area contributed by atoms with Crippen LogP contribution in [-0.2, 0) is 6.54 Å². The van der Waals surface area contributed by atoms with Crippen molar-refractivity contribution in [3.8, 4) is 10.6 Å². The minimum absolute atomic E-state index is 0.653. The average molecular weight is 296 g/mol. The molecule has 0 amide bonds. The number of thiazole rings is 1. The molecule has 4 nitrogen and oxygen atoms in total. The van der Waals surface area contributed by atoms with E-state index in [9.17, 15) is 0 Å². The van der Waals surface area contributed by atoms with Gasteiger partial charge < -0.3 is 5.32 Å². The summed E-state index contributed by atoms with van der Waals surface area (Å²) in [6.07, 6.45) is 0. The number of hydrogen-bond acceptors (Lipinski definition) is 5. The summed E-state index contributed by atoms with van der Waals surface area (Å²) in [5.74, 6) is 0.769. The number of benzene rings is 1. The standard InChI is InChI=1S/C16H16N4S/c1-11-5-3-4-6-14(11)16-18-13(10-21-16)9-17-15-8-7-12(2)19-20-15/h3-8,10H,9H2,1-2H3,(H,17,20). The van der Waals surface area contributed by atoms with Crippen LogP contribution in [0.2, 0.25) is 0 Å². The van der Waals surface area contributed by atoms with Crippen molar-refractivity contribution < 1.29 is 0 Å². The SMILES string of the molecule is Cc1ccc(NCc2csc(-c3ccccc3C)n2)nn1. The van der Waals surface area contributed by atoms with E-state index in [0.717, 1.165) is 22.2 Å². The first-order valence-electron chi connectivity index (χ1n) is 6.77. The third kappa shape index (κ3) is 3.25. The second kappa shape index (κ2) is 6.01. The third-order valence-corrected chi connectivity index (χ3v) is 4.10. The summed E-state index contributed by atoms with van der Waals surface area (Å²) in [4.78, 5) is 4.68. The first kappa shape index (κ1) is 13.7. The molecule has 21 heavy (non-hydrogen) atoms. The minimum atomic E-state index is 0.653. The Morgan fingerprint density at radius 2 is 1.90 bits per heavy atom. The summed E-state index contributed by atoms with van der Waals surface area (Å²) in [7, 11) is 0. The van der Waals surface area contributed by atoms with E-state index in [0.29, 0.717) is 6.54 Å². The zero-order valence-electron chi connectivity index (χ0n) is 12.0. The van der Waals surface area contributed by atoms with Crippen molar-refractivity contribution in [1.29, 1.82) is 0 Å². The van der Waals surface area contributed by atoms with Crippen LogP contribution in [0.4, 0.5) is 5.82 Å². The van der Waals surface area contributed by atoms with Crippen LogP contribution in [0.3, 0.4) is 0 Å². The molecule has 1 N–H and O–H groups in total. The zero-order valence-corrected chi connectivity index (χ0v) is 12.8. The summed E-state index contributed by atoms with van der Waals surface area (Å²) in [5, 5.41) is 14.5. The smallest absolute Gasteiger partial charge is 0.148 e. The van der Waals surface area contributed by atoms with Gasteiger partial charge in [-0.2, -0.15) is 5.10 Å². The molecular weight excluding hydrogens is 280 g/mol. The van der Waals surface area contributed by atoms with E-state index < -0.39 is 0 Å². The van der Waals surface area contributed by atoms with Crippen molar-refractivity contribution in [3.05, 3.63) is 58.7 Å². The van der Waals surface area contributed by atoms with Gasteiger partial charge in [-0.05, 0) is 31.5 Å². The first-order chi connectivity index (χ1) is 10.2. The van der Waals surface area contributed by atoms with Gasteiger partial charge in [-0.3, -0.25) is 0 Å². The van der Waals surface area contributed by atoms with Gasteiger partial charge in [0.15, 0.2) is 0 Å². The lowest BCUT2D eigenvalue weighted by Gasteiger charge is -2.03. The maximum Gasteiger partial charge on any atom is 0.148 e. The summed E-state index contributed by atoms with van der Waals surface area (Å²) in [6, 6.07) is 12.2. The Hall–Kier alpha value is -2.27. The van der Waals surface area contributed by atoms with Gasteiger partial charge >= 0.3 is 0 Å². The fraction of sp³-hybridized carbons (Fsp3) is 0.188. The lowest BCUT2D eigenvalue weighted by atomic mass is 10.1. The van der Waals surface area contributed by atoms with Crippen LogP contribution in [0, 0.1) is 13.8 Å². The molecule has 106 valence electrons. The molecule has 0 fully saturated rings. The highest BCUT2D eigenvalue weighted by Crippen LogP contribution is 2.26. The van der Waals surface area contributed by atoms with Gasteiger partial charge in [-0.25, -0.2) is 4.98 Å². The van der Waals surface area contributed by atoms with Crippen LogP contribution in [-0.4, -0.2) is 15.2 Å². The monoisotopic (exact) mass is 296 g/mol. The van der Waals surface area contributed by atoms with Gasteiger partial charge in [-0.1, -0.05) is 24.3 Å². The zero-order chi connectivity index (χ0) is 14.7. The molecule has 5 heteroatoms. The molecule has 2 heterocycles. The van der Waals surface area contributed by atoms with E-state index >= 15 is 0 Å². The molecule has 3 rings (SSSR count). The second-order valence-electron chi connectivity index (χ2n) is 4.87. The number of nitrogens with one attached hydrogen (secondary N) is 1. The second-order valence-corrected chi connectivity index (χ2v) is 5.73. The van der Waals surface area contributed by atoms with Gasteiger partial charge in [0, 0.05) is 10.9 Å². The third-order valence-electron chi connectivity index (χ3n) is 3.18. The maximum absolute atomic E-state index is 4.68. The van der Waals surface area contributed by atoms with Crippen molar-refractivity contribution in [2.24, 2.45) is 0 Å². The number of hydrogen-bond donors (Lipinski definition) is 1. The summed E-state index contributed by atoms with van der Waals surface area (Å²) in [5.41, 5.74) is 4.37. The van der Waals surface area contributed by atoms with Gasteiger partial charge in [-0.15, -0.1) is 16.4 Å². The molecule has 0 aliphatic heterocycles. The quantitative estimate of drug-likeness (QED) is 0.795. The molecule has 0 saturated heterocycles. The van der Waals surface area contributed by atoms with Gasteiger partial charge in [0.05, 0.1) is 17.9 Å². The van der Waals surface area contributed by atoms with Gasteiger partial charge in [0.25, 0.3) is 0 Å². The van der Waals surface area contributed by atoms with Crippen LogP contribution in [0.1, 0.15) is 17.0 Å². The number of anilines is 1. The molecule has 3 aromatic rings. The molecule has 2 aromatic heterocycles. The van der Waals surface area contributed by atoms with Crippen molar-refractivity contribution in [2.45, 2.75) is 20.4 Å². The highest BCUT2D eigenvalue weighted by Gasteiger charge is 2.07. The molecule has 0 radical (unpaired) electrons. The fourth-order valence-electron chi connectivity index (χ4n) is 2.00. The Balaban J connectivity index is 1.71. The topological polar surface area (TPSA) is 50.7 Å². The minimum Gasteiger partial charge on any atom is -0.363 e. The molecular formula is C16H16N4S. The number of rotatable bonds is 4. The van der Waals surface area contributed by atoms with E-state index in [4.69, 9.17) is 0 Å². The highest BCUT2D eigenvalue weighted by atomic mass is 32.1. The Morgan fingerprint density at radius 3 is 2.67 bits per heavy atom. The molecule has 0 bridgehead atoms. The lowest BCUT2D eigenvalue weighted by Crippen LogP contribution is -2.02. The molecule has 0 saturated carbocycles. The number of nitrogens with zero attached hydrogens (tertiary/aromatic N) is 3. The van der Waals surface area contributed by atoms with E-state index in [1.165, 1.54) is 11.1 Å². The maximum atomic E-state index is 4.68. The highest BCUT2D eigenvalue weighted by molar-refractivity contribution is 7.13. The van der Waals surface area contributed by atoms with Gasteiger partial charge in [0.2, 0.25) is 0 Å². The molecule has 0 atom stereocenters. The number of aromatic nitrogens is 3. The molecule has 0 aliphatic rings. The van der Waals surface area contributed by atoms with E-state index in [2.05, 4.69) is 44.9 Å². The van der Waals surface area contributed by atoms with E-state index in [-0.39, 0.29) is 0 Å². The fourth-order valence-corrected chi connectivity index (χ4v) is 2.91. The average Bonchev–Trinajstić information content (AvgIpc) is 2.96. The van der Waals surface area contributed by atoms with Crippen LogP contribution < -0.4 is 5.32 Å². The van der Waals surface area contributed by atoms with E-state index in [1.54, 1.807) is 11.3 Å². The predicted molar refractivity (Wildman–Crippen MR) is 86.4 cm³/mol. The van der Waals surface area contributed by atoms with E-state index in [1.807, 2.05) is 31.2 Å².